The van der Waals surface area contributed by atoms with Crippen LogP contribution in [-0.4, -0.2) is 38.9 Å². The van der Waals surface area contributed by atoms with E-state index in [4.69, 9.17) is 9.72 Å². The van der Waals surface area contributed by atoms with Gasteiger partial charge in [0.25, 0.3) is 5.91 Å². The van der Waals surface area contributed by atoms with Crippen LogP contribution in [0.3, 0.4) is 0 Å². The van der Waals surface area contributed by atoms with Crippen molar-refractivity contribution >= 4 is 28.6 Å². The number of carbonyl (C=O) groups is 2. The third kappa shape index (κ3) is 3.06. The van der Waals surface area contributed by atoms with E-state index in [0.717, 1.165) is 29.6 Å². The summed E-state index contributed by atoms with van der Waals surface area (Å²) in [5, 5.41) is 17.2. The molecule has 0 atom stereocenters. The summed E-state index contributed by atoms with van der Waals surface area (Å²) < 4.78 is 6.82. The lowest BCUT2D eigenvalue weighted by molar-refractivity contribution is 0.0693. The van der Waals surface area contributed by atoms with Crippen molar-refractivity contribution in [1.29, 1.82) is 0 Å². The number of ether oxygens (including phenoxy) is 1. The van der Waals surface area contributed by atoms with Crippen molar-refractivity contribution in [3.8, 4) is 5.75 Å². The van der Waals surface area contributed by atoms with Crippen LogP contribution in [0.25, 0.3) is 11.0 Å². The molecule has 3 aromatic rings. The smallest absolute Gasteiger partial charge is 0.339 e. The van der Waals surface area contributed by atoms with Crippen LogP contribution < -0.4 is 10.1 Å². The van der Waals surface area contributed by atoms with Crippen molar-refractivity contribution < 1.29 is 19.4 Å². The summed E-state index contributed by atoms with van der Waals surface area (Å²) in [5.41, 5.74) is 3.32. The van der Waals surface area contributed by atoms with Crippen molar-refractivity contribution in [1.82, 2.24) is 14.8 Å². The number of anilines is 1. The zero-order valence-electron chi connectivity index (χ0n) is 15.8. The largest absolute Gasteiger partial charge is 0.496 e. The fraction of sp³-hybridized carbons (Fsp3) is 0.300. The molecule has 1 amide bonds. The first-order chi connectivity index (χ1) is 13.4. The molecule has 2 heterocycles. The summed E-state index contributed by atoms with van der Waals surface area (Å²) in [6.45, 7) is 1.85. The molecule has 1 aliphatic carbocycles. The first-order valence-electron chi connectivity index (χ1n) is 8.96. The van der Waals surface area contributed by atoms with Gasteiger partial charge in [0.2, 0.25) is 0 Å². The molecular weight excluding hydrogens is 360 g/mol. The van der Waals surface area contributed by atoms with E-state index in [2.05, 4.69) is 10.4 Å². The number of pyridine rings is 1. The van der Waals surface area contributed by atoms with Gasteiger partial charge in [-0.3, -0.25) is 9.48 Å². The monoisotopic (exact) mass is 380 g/mol. The summed E-state index contributed by atoms with van der Waals surface area (Å²) in [6, 6.07) is 6.29. The van der Waals surface area contributed by atoms with E-state index in [0.29, 0.717) is 22.8 Å². The number of nitrogens with zero attached hydrogens (tertiary/aromatic N) is 3. The fourth-order valence-electron chi connectivity index (χ4n) is 3.38. The van der Waals surface area contributed by atoms with Crippen LogP contribution in [0.1, 0.15) is 50.9 Å². The van der Waals surface area contributed by atoms with Crippen LogP contribution in [0.15, 0.2) is 24.3 Å². The Labute approximate surface area is 161 Å². The fourth-order valence-corrected chi connectivity index (χ4v) is 3.38. The van der Waals surface area contributed by atoms with Gasteiger partial charge in [-0.25, -0.2) is 9.78 Å². The van der Waals surface area contributed by atoms with Crippen molar-refractivity contribution in [2.24, 2.45) is 7.05 Å². The number of amides is 1. The number of hydrogen-bond acceptors (Lipinski definition) is 5. The average Bonchev–Trinajstić information content (AvgIpc) is 3.47. The lowest BCUT2D eigenvalue weighted by atomic mass is 10.1. The van der Waals surface area contributed by atoms with Crippen LogP contribution in [0, 0.1) is 6.92 Å². The number of carbonyl (C=O) groups excluding carboxylic acids is 1. The molecule has 0 radical (unpaired) electrons. The highest BCUT2D eigenvalue weighted by atomic mass is 16.5. The first-order valence-corrected chi connectivity index (χ1v) is 8.96. The number of carboxylic acids is 1. The highest BCUT2D eigenvalue weighted by Crippen LogP contribution is 2.40. The number of benzene rings is 1. The zero-order chi connectivity index (χ0) is 20.0. The van der Waals surface area contributed by atoms with Gasteiger partial charge in [-0.1, -0.05) is 0 Å². The van der Waals surface area contributed by atoms with Crippen molar-refractivity contribution in [3.63, 3.8) is 0 Å². The molecule has 8 nitrogen and oxygen atoms in total. The second kappa shape index (κ2) is 6.63. The first kappa shape index (κ1) is 18.0. The minimum Gasteiger partial charge on any atom is -0.496 e. The molecule has 0 spiro atoms. The van der Waals surface area contributed by atoms with E-state index in [1.807, 2.05) is 20.0 Å². The summed E-state index contributed by atoms with van der Waals surface area (Å²) in [6.07, 6.45) is 2.15. The van der Waals surface area contributed by atoms with Crippen LogP contribution in [-0.2, 0) is 7.05 Å². The Balaban J connectivity index is 1.74. The number of hydrogen-bond donors (Lipinski definition) is 2. The zero-order valence-corrected chi connectivity index (χ0v) is 15.8. The van der Waals surface area contributed by atoms with Crippen LogP contribution in [0.4, 0.5) is 5.69 Å². The molecule has 8 heteroatoms. The summed E-state index contributed by atoms with van der Waals surface area (Å²) in [4.78, 5) is 29.0. The van der Waals surface area contributed by atoms with E-state index in [9.17, 15) is 14.7 Å². The molecule has 1 aliphatic rings. The van der Waals surface area contributed by atoms with E-state index < -0.39 is 5.97 Å². The molecule has 0 saturated heterocycles. The van der Waals surface area contributed by atoms with E-state index in [-0.39, 0.29) is 17.2 Å². The molecule has 144 valence electrons. The number of aryl methyl sites for hydroxylation is 2. The Morgan fingerprint density at radius 1 is 1.25 bits per heavy atom. The maximum Gasteiger partial charge on any atom is 0.339 e. The minimum absolute atomic E-state index is 0.0333. The number of nitrogens with one attached hydrogen (secondary N) is 1. The van der Waals surface area contributed by atoms with Gasteiger partial charge in [0.05, 0.1) is 23.8 Å². The maximum absolute atomic E-state index is 13.1. The molecule has 0 aliphatic heterocycles. The summed E-state index contributed by atoms with van der Waals surface area (Å²) in [5.74, 6) is -0.816. The Hall–Kier alpha value is -3.42. The Morgan fingerprint density at radius 3 is 2.64 bits per heavy atom. The molecule has 1 saturated carbocycles. The lowest BCUT2D eigenvalue weighted by Crippen LogP contribution is -2.14. The number of rotatable bonds is 5. The van der Waals surface area contributed by atoms with Gasteiger partial charge in [0.15, 0.2) is 5.65 Å². The molecule has 4 rings (SSSR count). The lowest BCUT2D eigenvalue weighted by Gasteiger charge is -2.11. The predicted molar refractivity (Wildman–Crippen MR) is 103 cm³/mol. The predicted octanol–water partition coefficient (Wildman–Crippen LogP) is 3.11. The highest BCUT2D eigenvalue weighted by molar-refractivity contribution is 6.13. The molecule has 0 unspecified atom stereocenters. The minimum atomic E-state index is -1.09. The quantitative estimate of drug-likeness (QED) is 0.704. The number of carboxylic acid groups (broad SMARTS) is 1. The molecule has 2 N–H and O–H groups in total. The van der Waals surface area contributed by atoms with Crippen LogP contribution >= 0.6 is 0 Å². The number of fused-ring (bicyclic) bond motifs is 1. The third-order valence-corrected chi connectivity index (χ3v) is 4.92. The van der Waals surface area contributed by atoms with Gasteiger partial charge in [0, 0.05) is 30.4 Å². The Morgan fingerprint density at radius 2 is 2.00 bits per heavy atom. The van der Waals surface area contributed by atoms with Gasteiger partial charge in [-0.2, -0.15) is 5.10 Å². The molecule has 28 heavy (non-hydrogen) atoms. The van der Waals surface area contributed by atoms with E-state index in [1.165, 1.54) is 19.2 Å². The molecule has 2 aromatic heterocycles. The summed E-state index contributed by atoms with van der Waals surface area (Å²) in [7, 11) is 3.21. The van der Waals surface area contributed by atoms with Gasteiger partial charge >= 0.3 is 5.97 Å². The Bertz CT molecular complexity index is 1120. The van der Waals surface area contributed by atoms with Gasteiger partial charge in [-0.15, -0.1) is 0 Å². The van der Waals surface area contributed by atoms with Gasteiger partial charge in [0.1, 0.15) is 11.3 Å². The van der Waals surface area contributed by atoms with Crippen LogP contribution in [0.2, 0.25) is 0 Å². The van der Waals surface area contributed by atoms with E-state index in [1.54, 1.807) is 10.7 Å². The second-order valence-electron chi connectivity index (χ2n) is 6.95. The maximum atomic E-state index is 13.1. The van der Waals surface area contributed by atoms with Crippen molar-refractivity contribution in [2.45, 2.75) is 25.7 Å². The van der Waals surface area contributed by atoms with Crippen LogP contribution in [0.5, 0.6) is 5.75 Å². The van der Waals surface area contributed by atoms with Gasteiger partial charge in [-0.05, 0) is 38.0 Å². The molecule has 1 fully saturated rings. The Kier molecular flexibility index (Phi) is 4.26. The standard InChI is InChI=1S/C20H20N4O4/c1-10-17-14(9-15(11-4-5-11)22-18(17)24(2)23-10)19(25)21-12-6-7-13(20(26)27)16(8-12)28-3/h6-9,11H,4-5H2,1-3H3,(H,21,25)(H,26,27). The highest BCUT2D eigenvalue weighted by Gasteiger charge is 2.28. The molecule has 1 aromatic carbocycles. The normalized spacial score (nSPS) is 13.5. The number of aromatic nitrogens is 3. The molecular formula is C20H20N4O4. The van der Waals surface area contributed by atoms with Crippen molar-refractivity contribution in [2.75, 3.05) is 12.4 Å². The van der Waals surface area contributed by atoms with Crippen molar-refractivity contribution in [3.05, 3.63) is 46.8 Å². The topological polar surface area (TPSA) is 106 Å². The van der Waals surface area contributed by atoms with Gasteiger partial charge < -0.3 is 15.2 Å². The third-order valence-electron chi connectivity index (χ3n) is 4.92. The second-order valence-corrected chi connectivity index (χ2v) is 6.95. The average molecular weight is 380 g/mol. The number of aromatic carboxylic acids is 1. The SMILES string of the molecule is COc1cc(NC(=O)c2cc(C3CC3)nc3c2c(C)nn3C)ccc1C(=O)O. The summed E-state index contributed by atoms with van der Waals surface area (Å²) >= 11 is 0. The van der Waals surface area contributed by atoms with E-state index >= 15 is 0 Å². The number of methoxy groups -OCH3 is 1. The molecule has 0 bridgehead atoms.